The van der Waals surface area contributed by atoms with Crippen LogP contribution in [0.5, 0.6) is 5.75 Å². The van der Waals surface area contributed by atoms with Gasteiger partial charge in [-0.2, -0.15) is 0 Å². The summed E-state index contributed by atoms with van der Waals surface area (Å²) in [5.41, 5.74) is 0.698. The van der Waals surface area contributed by atoms with Crippen molar-refractivity contribution in [1.29, 1.82) is 0 Å². The Hall–Kier alpha value is -2.34. The first kappa shape index (κ1) is 18.5. The van der Waals surface area contributed by atoms with E-state index < -0.39 is 0 Å². The van der Waals surface area contributed by atoms with Crippen molar-refractivity contribution >= 4 is 16.8 Å². The fourth-order valence-electron chi connectivity index (χ4n) is 3.33. The van der Waals surface area contributed by atoms with Crippen molar-refractivity contribution in [3.8, 4) is 5.75 Å². The lowest BCUT2D eigenvalue weighted by atomic mass is 10.1. The van der Waals surface area contributed by atoms with Gasteiger partial charge in [0.25, 0.3) is 5.55 Å². The highest BCUT2D eigenvalue weighted by Gasteiger charge is 2.10. The van der Waals surface area contributed by atoms with Crippen LogP contribution in [0.4, 0.5) is 0 Å². The largest absolute Gasteiger partial charge is 0.493 e. The van der Waals surface area contributed by atoms with Crippen molar-refractivity contribution in [1.82, 2.24) is 4.90 Å². The third-order valence-electron chi connectivity index (χ3n) is 4.78. The fraction of sp³-hybridized carbons (Fsp3) is 0.500. The van der Waals surface area contributed by atoms with Crippen LogP contribution >= 0.6 is 0 Å². The van der Waals surface area contributed by atoms with Crippen LogP contribution in [0.2, 0.25) is 0 Å². The third-order valence-corrected chi connectivity index (χ3v) is 4.78. The van der Waals surface area contributed by atoms with Crippen LogP contribution in [0, 0.1) is 0 Å². The number of nitrogens with zero attached hydrogens (tertiary/aromatic N) is 2. The molecule has 1 saturated heterocycles. The van der Waals surface area contributed by atoms with Gasteiger partial charge >= 0.3 is 0 Å². The number of carbonyl (C=O) groups excluding carboxylic acids is 1. The van der Waals surface area contributed by atoms with Crippen molar-refractivity contribution in [2.45, 2.75) is 39.0 Å². The molecule has 0 unspecified atom stereocenters. The van der Waals surface area contributed by atoms with Gasteiger partial charge in [0, 0.05) is 11.5 Å². The van der Waals surface area contributed by atoms with Crippen LogP contribution in [-0.4, -0.2) is 42.1 Å². The van der Waals surface area contributed by atoms with Gasteiger partial charge in [-0.25, -0.2) is 0 Å². The Morgan fingerprint density at radius 3 is 2.77 bits per heavy atom. The van der Waals surface area contributed by atoms with Crippen LogP contribution in [0.3, 0.4) is 0 Å². The molecule has 0 atom stereocenters. The van der Waals surface area contributed by atoms with Crippen molar-refractivity contribution in [2.24, 2.45) is 5.16 Å². The van der Waals surface area contributed by atoms with Gasteiger partial charge in [-0.1, -0.05) is 6.42 Å². The predicted molar refractivity (Wildman–Crippen MR) is 98.6 cm³/mol. The van der Waals surface area contributed by atoms with Crippen LogP contribution in [-0.2, 0) is 0 Å². The number of ether oxygens (including phenoxy) is 1. The Kier molecular flexibility index (Phi) is 6.28. The number of hydrogen-bond donors (Lipinski definition) is 1. The standard InChI is InChI=1S/C20H26N2O4/c1-15(23)18-13-16-7-8-17(14-19(16)26-20(18)21-24)25-12-6-5-11-22-9-3-2-4-10-22/h7-8,13-14,24H,2-6,9-12H2,1H3. The van der Waals surface area contributed by atoms with E-state index in [1.54, 1.807) is 12.1 Å². The zero-order valence-electron chi connectivity index (χ0n) is 15.2. The number of piperidine rings is 1. The van der Waals surface area contributed by atoms with E-state index in [4.69, 9.17) is 14.4 Å². The molecule has 0 saturated carbocycles. The highest BCUT2D eigenvalue weighted by Crippen LogP contribution is 2.21. The molecule has 0 bridgehead atoms. The summed E-state index contributed by atoms with van der Waals surface area (Å²) in [6, 6.07) is 7.13. The molecule has 2 aromatic rings. The minimum absolute atomic E-state index is 0.0799. The Balaban J connectivity index is 1.57. The van der Waals surface area contributed by atoms with Gasteiger partial charge in [0.05, 0.1) is 12.2 Å². The quantitative estimate of drug-likeness (QED) is 0.354. The molecule has 2 heterocycles. The molecule has 6 heteroatoms. The number of unbranched alkanes of at least 4 members (excludes halogenated alkanes) is 1. The Morgan fingerprint density at radius 1 is 1.23 bits per heavy atom. The van der Waals surface area contributed by atoms with Crippen molar-refractivity contribution in [2.75, 3.05) is 26.2 Å². The lowest BCUT2D eigenvalue weighted by Crippen LogP contribution is -2.30. The fourth-order valence-corrected chi connectivity index (χ4v) is 3.33. The summed E-state index contributed by atoms with van der Waals surface area (Å²) in [5, 5.41) is 12.9. The molecule has 1 aliphatic heterocycles. The van der Waals surface area contributed by atoms with Gasteiger partial charge in [-0.05, 0) is 75.6 Å². The molecule has 1 fully saturated rings. The van der Waals surface area contributed by atoms with Crippen LogP contribution in [0.25, 0.3) is 11.0 Å². The molecular formula is C20H26N2O4. The smallest absolute Gasteiger partial charge is 0.266 e. The topological polar surface area (TPSA) is 75.3 Å². The molecule has 1 aromatic carbocycles. The van der Waals surface area contributed by atoms with E-state index in [1.165, 1.54) is 39.3 Å². The molecule has 0 radical (unpaired) electrons. The van der Waals surface area contributed by atoms with Crippen molar-refractivity contribution in [3.63, 3.8) is 0 Å². The average molecular weight is 358 g/mol. The minimum atomic E-state index is -0.211. The second-order valence-electron chi connectivity index (χ2n) is 6.78. The molecule has 140 valence electrons. The molecule has 0 spiro atoms. The second-order valence-corrected chi connectivity index (χ2v) is 6.78. The second kappa shape index (κ2) is 8.85. The summed E-state index contributed by atoms with van der Waals surface area (Å²) >= 11 is 0. The normalized spacial score (nSPS) is 16.1. The lowest BCUT2D eigenvalue weighted by Gasteiger charge is -2.26. The number of Topliss-reactive ketones (excluding diaryl/α,β-unsaturated/α-hetero) is 1. The number of hydrogen-bond acceptors (Lipinski definition) is 6. The Morgan fingerprint density at radius 2 is 2.04 bits per heavy atom. The number of ketones is 1. The Labute approximate surface area is 153 Å². The van der Waals surface area contributed by atoms with E-state index in [1.807, 2.05) is 12.1 Å². The van der Waals surface area contributed by atoms with Gasteiger partial charge < -0.3 is 19.3 Å². The highest BCUT2D eigenvalue weighted by atomic mass is 16.5. The van der Waals surface area contributed by atoms with Crippen LogP contribution < -0.4 is 10.3 Å². The van der Waals surface area contributed by atoms with E-state index in [0.717, 1.165) is 24.8 Å². The number of benzene rings is 1. The van der Waals surface area contributed by atoms with Crippen molar-refractivity contribution < 1.29 is 19.2 Å². The first-order valence-corrected chi connectivity index (χ1v) is 9.29. The van der Waals surface area contributed by atoms with Gasteiger partial charge in [0.15, 0.2) is 5.78 Å². The van der Waals surface area contributed by atoms with Crippen molar-refractivity contribution in [3.05, 3.63) is 35.4 Å². The van der Waals surface area contributed by atoms with E-state index in [9.17, 15) is 4.79 Å². The maximum atomic E-state index is 11.6. The van der Waals surface area contributed by atoms with Gasteiger partial charge in [-0.3, -0.25) is 4.79 Å². The summed E-state index contributed by atoms with van der Waals surface area (Å²) in [6.07, 6.45) is 6.15. The zero-order chi connectivity index (χ0) is 18.4. The zero-order valence-corrected chi connectivity index (χ0v) is 15.2. The van der Waals surface area contributed by atoms with Gasteiger partial charge in [0.2, 0.25) is 0 Å². The number of likely N-dealkylation sites (tertiary alicyclic amines) is 1. The third kappa shape index (κ3) is 4.64. The molecule has 3 rings (SSSR count). The number of fused-ring (bicyclic) bond motifs is 1. The molecule has 0 aliphatic carbocycles. The van der Waals surface area contributed by atoms with Gasteiger partial charge in [0.1, 0.15) is 11.3 Å². The first-order valence-electron chi connectivity index (χ1n) is 9.29. The van der Waals surface area contributed by atoms with E-state index in [2.05, 4.69) is 10.1 Å². The highest BCUT2D eigenvalue weighted by molar-refractivity contribution is 5.96. The molecule has 1 N–H and O–H groups in total. The summed E-state index contributed by atoms with van der Waals surface area (Å²) < 4.78 is 11.3. The van der Waals surface area contributed by atoms with Crippen LogP contribution in [0.15, 0.2) is 33.8 Å². The predicted octanol–water partition coefficient (Wildman–Crippen LogP) is 3.57. The van der Waals surface area contributed by atoms with Crippen LogP contribution in [0.1, 0.15) is 49.4 Å². The monoisotopic (exact) mass is 358 g/mol. The summed E-state index contributed by atoms with van der Waals surface area (Å²) in [5.74, 6) is 0.496. The summed E-state index contributed by atoms with van der Waals surface area (Å²) in [4.78, 5) is 14.1. The van der Waals surface area contributed by atoms with Gasteiger partial charge in [-0.15, -0.1) is 0 Å². The van der Waals surface area contributed by atoms with E-state index in [0.29, 0.717) is 17.9 Å². The summed E-state index contributed by atoms with van der Waals surface area (Å²) in [6.45, 7) is 5.67. The Bertz CT molecular complexity index is 822. The maximum Gasteiger partial charge on any atom is 0.266 e. The number of rotatable bonds is 7. The molecule has 0 amide bonds. The molecule has 26 heavy (non-hydrogen) atoms. The lowest BCUT2D eigenvalue weighted by molar-refractivity contribution is 0.101. The molecule has 1 aromatic heterocycles. The maximum absolute atomic E-state index is 11.6. The molecule has 1 aliphatic rings. The van der Waals surface area contributed by atoms with E-state index in [-0.39, 0.29) is 16.9 Å². The molecule has 6 nitrogen and oxygen atoms in total. The minimum Gasteiger partial charge on any atom is -0.493 e. The SMILES string of the molecule is CC(=O)c1cc2ccc(OCCCCN3CCCCC3)cc2oc1=NO. The summed E-state index contributed by atoms with van der Waals surface area (Å²) in [7, 11) is 0. The van der Waals surface area contributed by atoms with E-state index >= 15 is 0 Å². The number of carbonyl (C=O) groups is 1. The average Bonchev–Trinajstić information content (AvgIpc) is 2.67. The molecular weight excluding hydrogens is 332 g/mol. The first-order chi connectivity index (χ1) is 12.7.